The van der Waals surface area contributed by atoms with Gasteiger partial charge >= 0.3 is 17.9 Å². The lowest BCUT2D eigenvalue weighted by atomic mass is 10.1. The van der Waals surface area contributed by atoms with Gasteiger partial charge in [-0.2, -0.15) is 0 Å². The summed E-state index contributed by atoms with van der Waals surface area (Å²) in [5.41, 5.74) is 0.663. The van der Waals surface area contributed by atoms with Crippen molar-refractivity contribution in [3.05, 3.63) is 15.3 Å². The second kappa shape index (κ2) is 8.75. The van der Waals surface area contributed by atoms with Crippen LogP contribution in [0, 0.1) is 3.83 Å². The topological polar surface area (TPSA) is 132 Å². The van der Waals surface area contributed by atoms with Gasteiger partial charge in [0, 0.05) is 43.4 Å². The van der Waals surface area contributed by atoms with E-state index in [1.54, 1.807) is 0 Å². The Morgan fingerprint density at radius 3 is 2.41 bits per heavy atom. The van der Waals surface area contributed by atoms with E-state index >= 15 is 0 Å². The monoisotopic (exact) mass is 538 g/mol. The maximum atomic E-state index is 11.7. The Morgan fingerprint density at radius 2 is 1.79 bits per heavy atom. The molecule has 0 radical (unpaired) electrons. The summed E-state index contributed by atoms with van der Waals surface area (Å²) in [4.78, 5) is 47.1. The first-order valence-corrected chi connectivity index (χ1v) is 9.82. The van der Waals surface area contributed by atoms with Crippen molar-refractivity contribution in [3.8, 4) is 0 Å². The van der Waals surface area contributed by atoms with Gasteiger partial charge in [-0.1, -0.05) is 11.6 Å². The second-order valence-electron chi connectivity index (χ2n) is 6.12. The van der Waals surface area contributed by atoms with Crippen LogP contribution in [0.15, 0.2) is 6.33 Å². The van der Waals surface area contributed by atoms with Crippen LogP contribution in [0.25, 0.3) is 11.2 Å². The highest BCUT2D eigenvalue weighted by atomic mass is 127. The number of esters is 3. The van der Waals surface area contributed by atoms with Crippen molar-refractivity contribution in [2.45, 2.75) is 45.3 Å². The Morgan fingerprint density at radius 1 is 1.14 bits per heavy atom. The van der Waals surface area contributed by atoms with Gasteiger partial charge in [-0.25, -0.2) is 15.0 Å². The van der Waals surface area contributed by atoms with Crippen LogP contribution in [0.4, 0.5) is 0 Å². The number of halogens is 2. The molecule has 0 saturated carbocycles. The molecule has 2 aromatic heterocycles. The molecule has 2 unspecified atom stereocenters. The average molecular weight is 539 g/mol. The fourth-order valence-electron chi connectivity index (χ4n) is 2.96. The summed E-state index contributed by atoms with van der Waals surface area (Å²) in [6, 6.07) is 0. The molecule has 3 heterocycles. The number of ether oxygens (including phenoxy) is 4. The molecule has 0 aromatic carbocycles. The molecule has 1 aliphatic heterocycles. The highest BCUT2D eigenvalue weighted by Crippen LogP contribution is 2.36. The molecule has 0 aliphatic carbocycles. The molecule has 4 atom stereocenters. The van der Waals surface area contributed by atoms with E-state index < -0.39 is 42.4 Å². The van der Waals surface area contributed by atoms with E-state index in [9.17, 15) is 14.4 Å². The van der Waals surface area contributed by atoms with E-state index in [1.807, 2.05) is 22.6 Å². The third-order valence-corrected chi connectivity index (χ3v) is 4.71. The van der Waals surface area contributed by atoms with Crippen molar-refractivity contribution in [3.63, 3.8) is 0 Å². The van der Waals surface area contributed by atoms with E-state index in [4.69, 9.17) is 30.5 Å². The zero-order valence-corrected chi connectivity index (χ0v) is 18.4. The number of rotatable bonds is 5. The van der Waals surface area contributed by atoms with Crippen molar-refractivity contribution >= 4 is 63.3 Å². The number of aromatic nitrogens is 4. The summed E-state index contributed by atoms with van der Waals surface area (Å²) in [5.74, 6) is -1.76. The first-order valence-electron chi connectivity index (χ1n) is 8.36. The molecule has 156 valence electrons. The third-order valence-electron chi connectivity index (χ3n) is 3.97. The number of carbonyl (C=O) groups excluding carboxylic acids is 3. The summed E-state index contributed by atoms with van der Waals surface area (Å²) in [5, 5.41) is 0.146. The summed E-state index contributed by atoms with van der Waals surface area (Å²) in [7, 11) is 0. The van der Waals surface area contributed by atoms with Gasteiger partial charge < -0.3 is 18.9 Å². The zero-order chi connectivity index (χ0) is 21.3. The van der Waals surface area contributed by atoms with E-state index in [0.29, 0.717) is 15.0 Å². The van der Waals surface area contributed by atoms with E-state index in [0.717, 1.165) is 0 Å². The smallest absolute Gasteiger partial charge is 0.303 e. The van der Waals surface area contributed by atoms with Crippen LogP contribution in [-0.4, -0.2) is 62.3 Å². The first-order chi connectivity index (χ1) is 13.7. The average Bonchev–Trinajstić information content (AvgIpc) is 3.15. The fraction of sp³-hybridized carbons (Fsp3) is 0.500. The molecule has 0 amide bonds. The molecule has 2 aromatic rings. The van der Waals surface area contributed by atoms with Gasteiger partial charge in [0.25, 0.3) is 0 Å². The Bertz CT molecular complexity index is 968. The SMILES string of the molecule is CC(=O)OC[C@H]1OC(n2cnc3c(Cl)nc(I)nc32)[C@H](OC(C)=O)C1OC(C)=O. The van der Waals surface area contributed by atoms with Gasteiger partial charge in [0.2, 0.25) is 0 Å². The minimum Gasteiger partial charge on any atom is -0.463 e. The standard InChI is InChI=1S/C16H16ClIN4O7/c1-6(23)26-4-9-11(27-7(2)24)12(28-8(3)25)15(29-9)22-5-19-10-13(17)20-16(18)21-14(10)22/h5,9,11-12,15H,4H2,1-3H3/t9-,11?,12-,15?/m1/s1. The number of hydrogen-bond donors (Lipinski definition) is 0. The van der Waals surface area contributed by atoms with Gasteiger partial charge in [-0.05, 0) is 0 Å². The number of hydrogen-bond acceptors (Lipinski definition) is 10. The van der Waals surface area contributed by atoms with E-state index in [1.165, 1.54) is 31.7 Å². The Balaban J connectivity index is 2.04. The summed E-state index contributed by atoms with van der Waals surface area (Å²) >= 11 is 8.03. The third kappa shape index (κ3) is 4.75. The lowest BCUT2D eigenvalue weighted by Gasteiger charge is -2.23. The van der Waals surface area contributed by atoms with Gasteiger partial charge in [-0.3, -0.25) is 19.0 Å². The van der Waals surface area contributed by atoms with Crippen LogP contribution >= 0.6 is 34.2 Å². The molecule has 0 bridgehead atoms. The van der Waals surface area contributed by atoms with E-state index in [2.05, 4.69) is 15.0 Å². The highest BCUT2D eigenvalue weighted by Gasteiger charge is 2.51. The highest BCUT2D eigenvalue weighted by molar-refractivity contribution is 14.1. The van der Waals surface area contributed by atoms with Gasteiger partial charge in [0.1, 0.15) is 18.2 Å². The molecular formula is C16H16ClIN4O7. The number of carbonyl (C=O) groups is 3. The van der Waals surface area contributed by atoms with Crippen LogP contribution < -0.4 is 0 Å². The molecule has 11 nitrogen and oxygen atoms in total. The van der Waals surface area contributed by atoms with Crippen LogP contribution in [0.1, 0.15) is 27.0 Å². The molecule has 13 heteroatoms. The number of nitrogens with zero attached hydrogens (tertiary/aromatic N) is 4. The first kappa shape index (κ1) is 21.6. The number of fused-ring (bicyclic) bond motifs is 1. The van der Waals surface area contributed by atoms with Gasteiger partial charge in [0.05, 0.1) is 6.33 Å². The van der Waals surface area contributed by atoms with Crippen molar-refractivity contribution < 1.29 is 33.3 Å². The molecule has 1 aliphatic rings. The summed E-state index contributed by atoms with van der Waals surface area (Å²) in [6.07, 6.45) is -2.50. The molecule has 0 N–H and O–H groups in total. The van der Waals surface area contributed by atoms with Crippen LogP contribution in [0.3, 0.4) is 0 Å². The lowest BCUT2D eigenvalue weighted by molar-refractivity contribution is -0.166. The van der Waals surface area contributed by atoms with Crippen molar-refractivity contribution in [2.75, 3.05) is 6.61 Å². The molecule has 29 heavy (non-hydrogen) atoms. The predicted molar refractivity (Wildman–Crippen MR) is 105 cm³/mol. The Hall–Kier alpha value is -2.06. The summed E-state index contributed by atoms with van der Waals surface area (Å²) in [6.45, 7) is 3.46. The molecule has 3 rings (SSSR count). The maximum Gasteiger partial charge on any atom is 0.303 e. The van der Waals surface area contributed by atoms with Crippen LogP contribution in [0.2, 0.25) is 5.15 Å². The normalized spacial score (nSPS) is 23.8. The van der Waals surface area contributed by atoms with Crippen molar-refractivity contribution in [1.29, 1.82) is 0 Å². The summed E-state index contributed by atoms with van der Waals surface area (Å²) < 4.78 is 23.6. The maximum absolute atomic E-state index is 11.7. The van der Waals surface area contributed by atoms with Crippen LogP contribution in [0.5, 0.6) is 0 Å². The molecule has 1 fully saturated rings. The van der Waals surface area contributed by atoms with E-state index in [-0.39, 0.29) is 11.8 Å². The zero-order valence-electron chi connectivity index (χ0n) is 15.5. The largest absolute Gasteiger partial charge is 0.463 e. The van der Waals surface area contributed by atoms with Crippen molar-refractivity contribution in [2.24, 2.45) is 0 Å². The quantitative estimate of drug-likeness (QED) is 0.181. The Labute approximate surface area is 183 Å². The molecular weight excluding hydrogens is 523 g/mol. The Kier molecular flexibility index (Phi) is 6.53. The predicted octanol–water partition coefficient (Wildman–Crippen LogP) is 1.41. The fourth-order valence-corrected chi connectivity index (χ4v) is 3.79. The van der Waals surface area contributed by atoms with Gasteiger partial charge in [-0.15, -0.1) is 0 Å². The molecule has 0 spiro atoms. The lowest BCUT2D eigenvalue weighted by Crippen LogP contribution is -2.40. The minimum absolute atomic E-state index is 0.146. The van der Waals surface area contributed by atoms with Gasteiger partial charge in [0.15, 0.2) is 33.1 Å². The van der Waals surface area contributed by atoms with Crippen LogP contribution in [-0.2, 0) is 33.3 Å². The molecule has 1 saturated heterocycles. The van der Waals surface area contributed by atoms with Crippen molar-refractivity contribution in [1.82, 2.24) is 19.5 Å². The minimum atomic E-state index is -1.04. The second-order valence-corrected chi connectivity index (χ2v) is 7.45. The number of imidazole rings is 1.